The van der Waals surface area contributed by atoms with Crippen molar-refractivity contribution in [1.82, 2.24) is 0 Å². The molecule has 0 aromatic heterocycles. The van der Waals surface area contributed by atoms with Crippen molar-refractivity contribution >= 4 is 5.97 Å². The Hall–Kier alpha value is -1.05. The van der Waals surface area contributed by atoms with Crippen LogP contribution in [0.5, 0.6) is 0 Å². The molecule has 0 rings (SSSR count). The van der Waals surface area contributed by atoms with E-state index in [0.717, 1.165) is 32.1 Å². The molecule has 0 saturated heterocycles. The van der Waals surface area contributed by atoms with Crippen molar-refractivity contribution in [3.63, 3.8) is 0 Å². The van der Waals surface area contributed by atoms with E-state index in [9.17, 15) is 4.79 Å². The lowest BCUT2D eigenvalue weighted by atomic mass is 9.94. The quantitative estimate of drug-likeness (QED) is 0.127. The van der Waals surface area contributed by atoms with Gasteiger partial charge in [-0.2, -0.15) is 0 Å². The monoisotopic (exact) mass is 336 g/mol. The average molecular weight is 337 g/mol. The van der Waals surface area contributed by atoms with Gasteiger partial charge in [-0.05, 0) is 25.3 Å². The molecule has 0 heterocycles. The van der Waals surface area contributed by atoms with Crippen LogP contribution in [-0.2, 0) is 9.53 Å². The molecule has 0 radical (unpaired) electrons. The van der Waals surface area contributed by atoms with E-state index in [-0.39, 0.29) is 11.9 Å². The van der Waals surface area contributed by atoms with Crippen LogP contribution in [0, 0.1) is 5.92 Å². The minimum Gasteiger partial charge on any atom is -0.434 e. The van der Waals surface area contributed by atoms with Crippen molar-refractivity contribution in [1.29, 1.82) is 0 Å². The number of carbonyl (C=O) groups excluding carboxylic acids is 1. The van der Waals surface area contributed by atoms with E-state index in [0.29, 0.717) is 0 Å². The number of carbonyl (C=O) groups is 1. The molecule has 2 nitrogen and oxygen atoms in total. The number of esters is 1. The smallest absolute Gasteiger partial charge is 0.313 e. The van der Waals surface area contributed by atoms with Gasteiger partial charge in [-0.25, -0.2) is 0 Å². The highest BCUT2D eigenvalue weighted by Gasteiger charge is 2.18. The minimum absolute atomic E-state index is 0.0406. The molecule has 0 atom stereocenters. The zero-order valence-corrected chi connectivity index (χ0v) is 16.4. The second kappa shape index (κ2) is 18.3. The van der Waals surface area contributed by atoms with E-state index < -0.39 is 0 Å². The highest BCUT2D eigenvalue weighted by molar-refractivity contribution is 5.73. The fourth-order valence-corrected chi connectivity index (χ4v) is 2.76. The van der Waals surface area contributed by atoms with Gasteiger partial charge >= 0.3 is 5.97 Å². The molecule has 0 N–H and O–H groups in total. The predicted octanol–water partition coefficient (Wildman–Crippen LogP) is 7.35. The third-order valence-electron chi connectivity index (χ3n) is 4.38. The molecule has 0 aliphatic carbocycles. The molecule has 0 unspecified atom stereocenters. The van der Waals surface area contributed by atoms with E-state index >= 15 is 0 Å². The molecule has 0 spiro atoms. The van der Waals surface area contributed by atoms with Crippen molar-refractivity contribution in [3.8, 4) is 0 Å². The standard InChI is InChI=1S/C22H40O2/c1-4-7-10-13-14-17-20-24-22(23)21(18-15-11-8-5-2)19-16-12-9-6-3/h13-14,17,20-21H,4-12,15-16,18-19H2,1-3H3. The summed E-state index contributed by atoms with van der Waals surface area (Å²) in [5.74, 6) is 0.0358. The summed E-state index contributed by atoms with van der Waals surface area (Å²) in [6, 6.07) is 0. The third kappa shape index (κ3) is 14.5. The molecule has 2 heteroatoms. The Labute approximate surface area is 150 Å². The van der Waals surface area contributed by atoms with E-state index in [1.807, 2.05) is 12.2 Å². The SMILES string of the molecule is CCCCC=CC=COC(=O)C(CCCCCC)CCCCCC. The summed E-state index contributed by atoms with van der Waals surface area (Å²) in [7, 11) is 0. The number of allylic oxidation sites excluding steroid dienone is 3. The second-order valence-corrected chi connectivity index (χ2v) is 6.73. The first-order valence-corrected chi connectivity index (χ1v) is 10.3. The maximum atomic E-state index is 12.3. The van der Waals surface area contributed by atoms with Crippen molar-refractivity contribution in [2.75, 3.05) is 0 Å². The lowest BCUT2D eigenvalue weighted by molar-refractivity contribution is -0.143. The Morgan fingerprint density at radius 3 is 1.92 bits per heavy atom. The number of unbranched alkanes of at least 4 members (excludes halogenated alkanes) is 8. The molecule has 24 heavy (non-hydrogen) atoms. The molecule has 0 saturated carbocycles. The predicted molar refractivity (Wildman–Crippen MR) is 105 cm³/mol. The van der Waals surface area contributed by atoms with Crippen molar-refractivity contribution in [3.05, 3.63) is 24.5 Å². The largest absolute Gasteiger partial charge is 0.434 e. The molecule has 0 fully saturated rings. The maximum Gasteiger partial charge on any atom is 0.313 e. The van der Waals surface area contributed by atoms with Crippen LogP contribution in [0.2, 0.25) is 0 Å². The first-order valence-electron chi connectivity index (χ1n) is 10.3. The summed E-state index contributed by atoms with van der Waals surface area (Å²) in [6.07, 6.45) is 22.7. The van der Waals surface area contributed by atoms with Gasteiger partial charge in [0.05, 0.1) is 12.2 Å². The summed E-state index contributed by atoms with van der Waals surface area (Å²) in [6.45, 7) is 6.62. The highest BCUT2D eigenvalue weighted by atomic mass is 16.5. The van der Waals surface area contributed by atoms with Crippen molar-refractivity contribution in [2.45, 2.75) is 104 Å². The van der Waals surface area contributed by atoms with Crippen LogP contribution < -0.4 is 0 Å². The fourth-order valence-electron chi connectivity index (χ4n) is 2.76. The van der Waals surface area contributed by atoms with Gasteiger partial charge in [-0.1, -0.05) is 97.1 Å². The zero-order chi connectivity index (χ0) is 17.9. The molecule has 0 aliphatic heterocycles. The van der Waals surface area contributed by atoms with E-state index in [2.05, 4.69) is 26.8 Å². The molecule has 0 aliphatic rings. The maximum absolute atomic E-state index is 12.3. The number of hydrogen-bond acceptors (Lipinski definition) is 2. The highest BCUT2D eigenvalue weighted by Crippen LogP contribution is 2.20. The van der Waals surface area contributed by atoms with E-state index in [1.165, 1.54) is 51.4 Å². The van der Waals surface area contributed by atoms with Crippen LogP contribution in [0.4, 0.5) is 0 Å². The Balaban J connectivity index is 4.17. The second-order valence-electron chi connectivity index (χ2n) is 6.73. The van der Waals surface area contributed by atoms with Gasteiger partial charge in [0.2, 0.25) is 0 Å². The Kier molecular flexibility index (Phi) is 17.5. The summed E-state index contributed by atoms with van der Waals surface area (Å²) in [4.78, 5) is 12.3. The van der Waals surface area contributed by atoms with Gasteiger partial charge in [0.15, 0.2) is 0 Å². The number of ether oxygens (including phenoxy) is 1. The van der Waals surface area contributed by atoms with Gasteiger partial charge in [-0.3, -0.25) is 4.79 Å². The molecule has 0 bridgehead atoms. The Morgan fingerprint density at radius 1 is 0.792 bits per heavy atom. The normalized spacial score (nSPS) is 11.8. The number of rotatable bonds is 16. The van der Waals surface area contributed by atoms with Gasteiger partial charge in [-0.15, -0.1) is 0 Å². The van der Waals surface area contributed by atoms with Crippen molar-refractivity contribution in [2.24, 2.45) is 5.92 Å². The Bertz CT molecular complexity index is 319. The summed E-state index contributed by atoms with van der Waals surface area (Å²) in [5, 5.41) is 0. The molecular formula is C22H40O2. The summed E-state index contributed by atoms with van der Waals surface area (Å²) < 4.78 is 5.35. The molecular weight excluding hydrogens is 296 g/mol. The van der Waals surface area contributed by atoms with E-state index in [1.54, 1.807) is 6.26 Å². The van der Waals surface area contributed by atoms with Gasteiger partial charge in [0, 0.05) is 0 Å². The topological polar surface area (TPSA) is 26.3 Å². The van der Waals surface area contributed by atoms with Crippen LogP contribution in [0.1, 0.15) is 104 Å². The molecule has 0 aromatic carbocycles. The van der Waals surface area contributed by atoms with Crippen LogP contribution in [0.15, 0.2) is 24.5 Å². The van der Waals surface area contributed by atoms with Gasteiger partial charge < -0.3 is 4.74 Å². The molecule has 0 amide bonds. The zero-order valence-electron chi connectivity index (χ0n) is 16.4. The van der Waals surface area contributed by atoms with Crippen LogP contribution in [-0.4, -0.2) is 5.97 Å². The lowest BCUT2D eigenvalue weighted by Gasteiger charge is -2.14. The van der Waals surface area contributed by atoms with Crippen LogP contribution >= 0.6 is 0 Å². The number of hydrogen-bond donors (Lipinski definition) is 0. The summed E-state index contributed by atoms with van der Waals surface area (Å²) >= 11 is 0. The first kappa shape index (κ1) is 22.9. The molecule has 0 aromatic rings. The average Bonchev–Trinajstić information content (AvgIpc) is 2.59. The minimum atomic E-state index is -0.0406. The van der Waals surface area contributed by atoms with Crippen LogP contribution in [0.3, 0.4) is 0 Å². The van der Waals surface area contributed by atoms with Gasteiger partial charge in [0.25, 0.3) is 0 Å². The third-order valence-corrected chi connectivity index (χ3v) is 4.38. The lowest BCUT2D eigenvalue weighted by Crippen LogP contribution is -2.16. The summed E-state index contributed by atoms with van der Waals surface area (Å²) in [5.41, 5.74) is 0. The fraction of sp³-hybridized carbons (Fsp3) is 0.773. The molecule has 140 valence electrons. The Morgan fingerprint density at radius 2 is 1.38 bits per heavy atom. The first-order chi connectivity index (χ1) is 11.8. The van der Waals surface area contributed by atoms with Gasteiger partial charge in [0.1, 0.15) is 0 Å². The van der Waals surface area contributed by atoms with Crippen LogP contribution in [0.25, 0.3) is 0 Å². The van der Waals surface area contributed by atoms with Crippen molar-refractivity contribution < 1.29 is 9.53 Å². The van der Waals surface area contributed by atoms with E-state index in [4.69, 9.17) is 4.74 Å².